The van der Waals surface area contributed by atoms with Crippen LogP contribution in [0.15, 0.2) is 67.3 Å². The van der Waals surface area contributed by atoms with Gasteiger partial charge in [0.05, 0.1) is 6.61 Å². The average molecular weight is 385 g/mol. The van der Waals surface area contributed by atoms with Gasteiger partial charge in [0.25, 0.3) is 0 Å². The molecule has 0 heterocycles. The van der Waals surface area contributed by atoms with Crippen LogP contribution >= 0.6 is 0 Å². The Morgan fingerprint density at radius 3 is 2.43 bits per heavy atom. The van der Waals surface area contributed by atoms with Gasteiger partial charge in [-0.1, -0.05) is 75.1 Å². The third kappa shape index (κ3) is 11.3. The maximum atomic E-state index is 11.2. The highest BCUT2D eigenvalue weighted by Crippen LogP contribution is 2.18. The van der Waals surface area contributed by atoms with Crippen molar-refractivity contribution in [1.82, 2.24) is 0 Å². The maximum Gasteiger partial charge on any atom is 0.330 e. The highest BCUT2D eigenvalue weighted by Gasteiger charge is 2.07. The average Bonchev–Trinajstić information content (AvgIpc) is 2.71. The van der Waals surface area contributed by atoms with Crippen LogP contribution in [0.25, 0.3) is 0 Å². The number of benzene rings is 1. The predicted octanol–water partition coefficient (Wildman–Crippen LogP) is 5.53. The quantitative estimate of drug-likeness (QED) is 0.293. The lowest BCUT2D eigenvalue weighted by molar-refractivity contribution is -0.137. The first-order valence-electron chi connectivity index (χ1n) is 9.98. The van der Waals surface area contributed by atoms with Crippen LogP contribution in [0.4, 0.5) is 0 Å². The van der Waals surface area contributed by atoms with Crippen LogP contribution < -0.4 is 0 Å². The standard InChI is InChI=1S/C23H30O3.C2H6/c1-5-23(25)26-16-14-22-17-20(7-6-15-24)11-13-21(22)12-10-19(4)9-8-18(2)3;1-2/h5,8-9,11,13,17,24H,1-2,4,6-7,10,12,14-16H2,3H3;1-2H3/b9-8-;. The zero-order valence-electron chi connectivity index (χ0n) is 17.8. The van der Waals surface area contributed by atoms with Gasteiger partial charge in [0, 0.05) is 19.1 Å². The fourth-order valence-corrected chi connectivity index (χ4v) is 2.55. The molecule has 1 rings (SSSR count). The van der Waals surface area contributed by atoms with Crippen molar-refractivity contribution in [2.24, 2.45) is 0 Å². The number of allylic oxidation sites excluding steroid dienone is 4. The minimum Gasteiger partial charge on any atom is -0.462 e. The molecule has 0 bridgehead atoms. The second-order valence-corrected chi connectivity index (χ2v) is 6.39. The van der Waals surface area contributed by atoms with Crippen molar-refractivity contribution >= 4 is 5.97 Å². The Kier molecular flexibility index (Phi) is 14.3. The van der Waals surface area contributed by atoms with E-state index in [0.29, 0.717) is 13.0 Å². The summed E-state index contributed by atoms with van der Waals surface area (Å²) in [7, 11) is 0. The fourth-order valence-electron chi connectivity index (χ4n) is 2.55. The van der Waals surface area contributed by atoms with Gasteiger partial charge >= 0.3 is 5.97 Å². The molecule has 0 spiro atoms. The fraction of sp³-hybridized carbons (Fsp3) is 0.400. The van der Waals surface area contributed by atoms with Crippen LogP contribution in [-0.4, -0.2) is 24.3 Å². The van der Waals surface area contributed by atoms with Gasteiger partial charge in [0.1, 0.15) is 0 Å². The van der Waals surface area contributed by atoms with Gasteiger partial charge in [-0.2, -0.15) is 0 Å². The summed E-state index contributed by atoms with van der Waals surface area (Å²) in [5.74, 6) is -0.402. The lowest BCUT2D eigenvalue weighted by Gasteiger charge is -2.12. The molecule has 0 aliphatic carbocycles. The smallest absolute Gasteiger partial charge is 0.330 e. The van der Waals surface area contributed by atoms with Gasteiger partial charge < -0.3 is 9.84 Å². The van der Waals surface area contributed by atoms with E-state index in [1.165, 1.54) is 22.8 Å². The molecular weight excluding hydrogens is 348 g/mol. The molecule has 1 N–H and O–H groups in total. The minimum atomic E-state index is -0.402. The summed E-state index contributed by atoms with van der Waals surface area (Å²) >= 11 is 0. The number of hydrogen-bond donors (Lipinski definition) is 1. The molecule has 0 amide bonds. The molecule has 0 aromatic heterocycles. The second-order valence-electron chi connectivity index (χ2n) is 6.39. The Balaban J connectivity index is 0.00000352. The van der Waals surface area contributed by atoms with Crippen molar-refractivity contribution in [2.75, 3.05) is 13.2 Å². The summed E-state index contributed by atoms with van der Waals surface area (Å²) in [4.78, 5) is 11.2. The molecule has 3 heteroatoms. The molecule has 1 aromatic carbocycles. The molecule has 0 fully saturated rings. The van der Waals surface area contributed by atoms with Gasteiger partial charge in [0.2, 0.25) is 0 Å². The van der Waals surface area contributed by atoms with Gasteiger partial charge in [-0.3, -0.25) is 0 Å². The lowest BCUT2D eigenvalue weighted by atomic mass is 9.95. The number of aliphatic hydroxyl groups is 1. The summed E-state index contributed by atoms with van der Waals surface area (Å²) in [6.07, 6.45) is 9.13. The molecule has 0 unspecified atom stereocenters. The molecule has 1 aromatic rings. The van der Waals surface area contributed by atoms with E-state index in [0.717, 1.165) is 36.8 Å². The first-order chi connectivity index (χ1) is 13.5. The SMILES string of the molecule is C=CC(=O)OCCc1cc(CCCO)ccc1CCC(=C)/C=C\C(=C)C.CC. The number of esters is 1. The first kappa shape index (κ1) is 25.6. The van der Waals surface area contributed by atoms with Crippen molar-refractivity contribution in [3.05, 3.63) is 84.0 Å². The van der Waals surface area contributed by atoms with E-state index in [2.05, 4.69) is 37.9 Å². The van der Waals surface area contributed by atoms with Crippen molar-refractivity contribution in [3.63, 3.8) is 0 Å². The van der Waals surface area contributed by atoms with Crippen LogP contribution in [0.2, 0.25) is 0 Å². The first-order valence-corrected chi connectivity index (χ1v) is 9.98. The highest BCUT2D eigenvalue weighted by atomic mass is 16.5. The van der Waals surface area contributed by atoms with Crippen LogP contribution in [0.5, 0.6) is 0 Å². The van der Waals surface area contributed by atoms with Crippen LogP contribution in [0, 0.1) is 0 Å². The van der Waals surface area contributed by atoms with E-state index in [-0.39, 0.29) is 6.61 Å². The summed E-state index contributed by atoms with van der Waals surface area (Å²) in [6.45, 7) is 17.8. The summed E-state index contributed by atoms with van der Waals surface area (Å²) in [5, 5.41) is 9.03. The van der Waals surface area contributed by atoms with Gasteiger partial charge in [0.15, 0.2) is 0 Å². The monoisotopic (exact) mass is 384 g/mol. The largest absolute Gasteiger partial charge is 0.462 e. The molecule has 0 radical (unpaired) electrons. The molecular formula is C25H36O3. The third-order valence-corrected chi connectivity index (χ3v) is 4.00. The predicted molar refractivity (Wildman–Crippen MR) is 119 cm³/mol. The number of ether oxygens (including phenoxy) is 1. The number of rotatable bonds is 12. The summed E-state index contributed by atoms with van der Waals surface area (Å²) < 4.78 is 5.13. The Labute approximate surface area is 171 Å². The second kappa shape index (κ2) is 15.6. The van der Waals surface area contributed by atoms with E-state index >= 15 is 0 Å². The van der Waals surface area contributed by atoms with Gasteiger partial charge in [-0.15, -0.1) is 0 Å². The maximum absolute atomic E-state index is 11.2. The molecule has 0 aliphatic rings. The van der Waals surface area contributed by atoms with E-state index in [1.807, 2.05) is 32.9 Å². The van der Waals surface area contributed by atoms with Crippen molar-refractivity contribution in [1.29, 1.82) is 0 Å². The lowest BCUT2D eigenvalue weighted by Crippen LogP contribution is -2.07. The third-order valence-electron chi connectivity index (χ3n) is 4.00. The zero-order chi connectivity index (χ0) is 21.4. The summed E-state index contributed by atoms with van der Waals surface area (Å²) in [5.41, 5.74) is 5.66. The van der Waals surface area contributed by atoms with Crippen LogP contribution in [0.3, 0.4) is 0 Å². The molecule has 0 saturated carbocycles. The topological polar surface area (TPSA) is 46.5 Å². The number of aliphatic hydroxyl groups excluding tert-OH is 1. The number of carbonyl (C=O) groups is 1. The van der Waals surface area contributed by atoms with E-state index in [1.54, 1.807) is 0 Å². The number of carbonyl (C=O) groups excluding carboxylic acids is 1. The Morgan fingerprint density at radius 1 is 1.11 bits per heavy atom. The Bertz CT molecular complexity index is 668. The van der Waals surface area contributed by atoms with Gasteiger partial charge in [-0.05, 0) is 49.3 Å². The Hall–Kier alpha value is -2.39. The van der Waals surface area contributed by atoms with Crippen molar-refractivity contribution in [3.8, 4) is 0 Å². The summed E-state index contributed by atoms with van der Waals surface area (Å²) in [6, 6.07) is 6.39. The van der Waals surface area contributed by atoms with E-state index < -0.39 is 5.97 Å². The molecule has 154 valence electrons. The van der Waals surface area contributed by atoms with E-state index in [9.17, 15) is 4.79 Å². The molecule has 0 saturated heterocycles. The number of hydrogen-bond acceptors (Lipinski definition) is 3. The molecule has 0 aliphatic heterocycles. The molecule has 0 atom stereocenters. The van der Waals surface area contributed by atoms with Crippen molar-refractivity contribution in [2.45, 2.75) is 52.9 Å². The zero-order valence-corrected chi connectivity index (χ0v) is 17.8. The Morgan fingerprint density at radius 2 is 1.82 bits per heavy atom. The van der Waals surface area contributed by atoms with Crippen LogP contribution in [0.1, 0.15) is 50.3 Å². The van der Waals surface area contributed by atoms with Gasteiger partial charge in [-0.25, -0.2) is 4.79 Å². The molecule has 28 heavy (non-hydrogen) atoms. The normalized spacial score (nSPS) is 10.1. The van der Waals surface area contributed by atoms with Crippen molar-refractivity contribution < 1.29 is 14.6 Å². The van der Waals surface area contributed by atoms with E-state index in [4.69, 9.17) is 9.84 Å². The number of aryl methyl sites for hydroxylation is 2. The van der Waals surface area contributed by atoms with Crippen LogP contribution in [-0.2, 0) is 28.8 Å². The minimum absolute atomic E-state index is 0.183. The molecule has 3 nitrogen and oxygen atoms in total. The highest BCUT2D eigenvalue weighted by molar-refractivity contribution is 5.81.